The monoisotopic (exact) mass is 374 g/mol. The molecule has 2 heterocycles. The van der Waals surface area contributed by atoms with Gasteiger partial charge in [0.25, 0.3) is 5.91 Å². The van der Waals surface area contributed by atoms with Gasteiger partial charge in [0, 0.05) is 38.0 Å². The summed E-state index contributed by atoms with van der Waals surface area (Å²) in [5.41, 5.74) is 5.01. The quantitative estimate of drug-likeness (QED) is 0.743. The van der Waals surface area contributed by atoms with Crippen molar-refractivity contribution in [1.82, 2.24) is 20.0 Å². The van der Waals surface area contributed by atoms with Crippen molar-refractivity contribution >= 4 is 5.91 Å². The summed E-state index contributed by atoms with van der Waals surface area (Å²) < 4.78 is 2.06. The van der Waals surface area contributed by atoms with Crippen LogP contribution in [0, 0.1) is 5.92 Å². The Hall–Kier alpha value is -2.92. The number of hydrogen-bond acceptors (Lipinski definition) is 3. The lowest BCUT2D eigenvalue weighted by Gasteiger charge is -2.11. The van der Waals surface area contributed by atoms with E-state index in [1.54, 1.807) is 19.0 Å². The summed E-state index contributed by atoms with van der Waals surface area (Å²) >= 11 is 0. The average Bonchev–Trinajstić information content (AvgIpc) is 3.40. The molecule has 1 N–H and O–H groups in total. The van der Waals surface area contributed by atoms with Gasteiger partial charge in [-0.05, 0) is 60.8 Å². The van der Waals surface area contributed by atoms with Crippen molar-refractivity contribution in [3.8, 4) is 22.4 Å². The van der Waals surface area contributed by atoms with Crippen LogP contribution in [0.15, 0.2) is 60.8 Å². The molecule has 5 nitrogen and oxygen atoms in total. The Bertz CT molecular complexity index is 953. The number of rotatable bonds is 5. The Balaban J connectivity index is 1.53. The number of amides is 1. The molecule has 3 aromatic rings. The molecule has 1 aliphatic heterocycles. The Morgan fingerprint density at radius 2 is 1.89 bits per heavy atom. The molecule has 4 rings (SSSR count). The first-order valence-corrected chi connectivity index (χ1v) is 9.77. The zero-order chi connectivity index (χ0) is 19.5. The van der Waals surface area contributed by atoms with Gasteiger partial charge in [0.1, 0.15) is 0 Å². The summed E-state index contributed by atoms with van der Waals surface area (Å²) in [6.45, 7) is 3.16. The predicted octanol–water partition coefficient (Wildman–Crippen LogP) is 3.53. The second-order valence-electron chi connectivity index (χ2n) is 7.64. The van der Waals surface area contributed by atoms with Crippen LogP contribution in [-0.2, 0) is 6.54 Å². The van der Waals surface area contributed by atoms with Gasteiger partial charge in [0.05, 0.1) is 5.69 Å². The molecule has 1 atom stereocenters. The van der Waals surface area contributed by atoms with E-state index in [9.17, 15) is 4.79 Å². The summed E-state index contributed by atoms with van der Waals surface area (Å²) in [7, 11) is 3.53. The van der Waals surface area contributed by atoms with E-state index in [0.717, 1.165) is 42.0 Å². The van der Waals surface area contributed by atoms with Crippen LogP contribution in [0.5, 0.6) is 0 Å². The molecule has 0 spiro atoms. The van der Waals surface area contributed by atoms with Gasteiger partial charge in [0.2, 0.25) is 0 Å². The standard InChI is InChI=1S/C23H26N4O/c1-26(2)23(28)19-8-6-18(7-9-19)20-4-3-5-21(14-20)22-11-13-27(25-22)16-17-10-12-24-15-17/h3-9,11,13-14,17,24H,10,12,15-16H2,1-2H3. The van der Waals surface area contributed by atoms with E-state index in [-0.39, 0.29) is 5.91 Å². The third kappa shape index (κ3) is 3.99. The van der Waals surface area contributed by atoms with E-state index in [0.29, 0.717) is 11.5 Å². The van der Waals surface area contributed by atoms with Gasteiger partial charge in [0.15, 0.2) is 0 Å². The third-order valence-electron chi connectivity index (χ3n) is 5.28. The minimum Gasteiger partial charge on any atom is -0.345 e. The summed E-state index contributed by atoms with van der Waals surface area (Å²) in [5.74, 6) is 0.686. The van der Waals surface area contributed by atoms with Crippen molar-refractivity contribution in [2.75, 3.05) is 27.2 Å². The molecule has 0 aliphatic carbocycles. The van der Waals surface area contributed by atoms with Gasteiger partial charge in [-0.15, -0.1) is 0 Å². The molecular weight excluding hydrogens is 348 g/mol. The van der Waals surface area contributed by atoms with Crippen LogP contribution in [0.4, 0.5) is 0 Å². The maximum atomic E-state index is 12.1. The fourth-order valence-electron chi connectivity index (χ4n) is 3.67. The van der Waals surface area contributed by atoms with E-state index in [1.807, 2.05) is 24.3 Å². The average molecular weight is 374 g/mol. The second kappa shape index (κ2) is 7.98. The lowest BCUT2D eigenvalue weighted by Crippen LogP contribution is -2.21. The summed E-state index contributed by atoms with van der Waals surface area (Å²) in [6.07, 6.45) is 3.29. The Labute approximate surface area is 166 Å². The van der Waals surface area contributed by atoms with Crippen molar-refractivity contribution in [2.24, 2.45) is 5.92 Å². The summed E-state index contributed by atoms with van der Waals surface area (Å²) in [5, 5.41) is 8.18. The lowest BCUT2D eigenvalue weighted by molar-refractivity contribution is 0.0827. The maximum absolute atomic E-state index is 12.1. The normalized spacial score (nSPS) is 16.3. The molecule has 0 saturated carbocycles. The molecule has 0 radical (unpaired) electrons. The van der Waals surface area contributed by atoms with Gasteiger partial charge >= 0.3 is 0 Å². The molecule has 1 amide bonds. The molecule has 1 aromatic heterocycles. The number of benzene rings is 2. The van der Waals surface area contributed by atoms with Gasteiger partial charge in [-0.3, -0.25) is 9.48 Å². The van der Waals surface area contributed by atoms with E-state index >= 15 is 0 Å². The third-order valence-corrected chi connectivity index (χ3v) is 5.28. The number of nitrogens with zero attached hydrogens (tertiary/aromatic N) is 3. The van der Waals surface area contributed by atoms with Crippen molar-refractivity contribution in [3.05, 3.63) is 66.4 Å². The largest absolute Gasteiger partial charge is 0.345 e. The van der Waals surface area contributed by atoms with Crippen molar-refractivity contribution in [3.63, 3.8) is 0 Å². The Kier molecular flexibility index (Phi) is 5.26. The highest BCUT2D eigenvalue weighted by Crippen LogP contribution is 2.26. The molecular formula is C23H26N4O. The number of aromatic nitrogens is 2. The predicted molar refractivity (Wildman–Crippen MR) is 112 cm³/mol. The van der Waals surface area contributed by atoms with Gasteiger partial charge in [-0.1, -0.05) is 30.3 Å². The topological polar surface area (TPSA) is 50.2 Å². The zero-order valence-electron chi connectivity index (χ0n) is 16.4. The molecule has 28 heavy (non-hydrogen) atoms. The second-order valence-corrected chi connectivity index (χ2v) is 7.64. The number of carbonyl (C=O) groups excluding carboxylic acids is 1. The highest BCUT2D eigenvalue weighted by molar-refractivity contribution is 5.94. The minimum absolute atomic E-state index is 0.0169. The van der Waals surface area contributed by atoms with Crippen LogP contribution in [0.25, 0.3) is 22.4 Å². The van der Waals surface area contributed by atoms with E-state index in [4.69, 9.17) is 5.10 Å². The first-order chi connectivity index (χ1) is 13.6. The molecule has 5 heteroatoms. The molecule has 0 bridgehead atoms. The highest BCUT2D eigenvalue weighted by Gasteiger charge is 2.15. The molecule has 144 valence electrons. The fourth-order valence-corrected chi connectivity index (χ4v) is 3.67. The van der Waals surface area contributed by atoms with Crippen LogP contribution >= 0.6 is 0 Å². The van der Waals surface area contributed by atoms with Crippen LogP contribution in [0.2, 0.25) is 0 Å². The SMILES string of the molecule is CN(C)C(=O)c1ccc(-c2cccc(-c3ccn(CC4CCNC4)n3)c2)cc1. The molecule has 1 fully saturated rings. The van der Waals surface area contributed by atoms with Crippen LogP contribution in [0.3, 0.4) is 0 Å². The fraction of sp³-hybridized carbons (Fsp3) is 0.304. The maximum Gasteiger partial charge on any atom is 0.253 e. The summed E-state index contributed by atoms with van der Waals surface area (Å²) in [4.78, 5) is 13.7. The number of hydrogen-bond donors (Lipinski definition) is 1. The van der Waals surface area contributed by atoms with Crippen molar-refractivity contribution in [1.29, 1.82) is 0 Å². The van der Waals surface area contributed by atoms with Crippen LogP contribution < -0.4 is 5.32 Å². The summed E-state index contributed by atoms with van der Waals surface area (Å²) in [6, 6.07) is 18.3. The first kappa shape index (κ1) is 18.4. The highest BCUT2D eigenvalue weighted by atomic mass is 16.2. The Morgan fingerprint density at radius 1 is 1.11 bits per heavy atom. The minimum atomic E-state index is 0.0169. The van der Waals surface area contributed by atoms with Crippen LogP contribution in [0.1, 0.15) is 16.8 Å². The van der Waals surface area contributed by atoms with Gasteiger partial charge < -0.3 is 10.2 Å². The molecule has 1 saturated heterocycles. The zero-order valence-corrected chi connectivity index (χ0v) is 16.4. The van der Waals surface area contributed by atoms with E-state index in [2.05, 4.69) is 46.5 Å². The Morgan fingerprint density at radius 3 is 2.61 bits per heavy atom. The molecule has 1 unspecified atom stereocenters. The van der Waals surface area contributed by atoms with E-state index < -0.39 is 0 Å². The van der Waals surface area contributed by atoms with Crippen molar-refractivity contribution in [2.45, 2.75) is 13.0 Å². The van der Waals surface area contributed by atoms with Crippen molar-refractivity contribution < 1.29 is 4.79 Å². The number of carbonyl (C=O) groups is 1. The van der Waals surface area contributed by atoms with E-state index in [1.165, 1.54) is 6.42 Å². The molecule has 2 aromatic carbocycles. The lowest BCUT2D eigenvalue weighted by atomic mass is 10.0. The van der Waals surface area contributed by atoms with Gasteiger partial charge in [-0.2, -0.15) is 5.10 Å². The smallest absolute Gasteiger partial charge is 0.253 e. The van der Waals surface area contributed by atoms with Crippen LogP contribution in [-0.4, -0.2) is 47.8 Å². The van der Waals surface area contributed by atoms with Gasteiger partial charge in [-0.25, -0.2) is 0 Å². The first-order valence-electron chi connectivity index (χ1n) is 9.77. The number of nitrogens with one attached hydrogen (secondary N) is 1. The molecule has 1 aliphatic rings.